The Labute approximate surface area is 113 Å². The van der Waals surface area contributed by atoms with Crippen LogP contribution in [0.4, 0.5) is 5.82 Å². The van der Waals surface area contributed by atoms with Gasteiger partial charge in [0.25, 0.3) is 0 Å². The molecule has 0 atom stereocenters. The van der Waals surface area contributed by atoms with E-state index in [1.807, 2.05) is 25.1 Å². The summed E-state index contributed by atoms with van der Waals surface area (Å²) in [4.78, 5) is 19.5. The SMILES string of the molecule is CC(=CC(=O)O)CN1CCN(c2ccccn2)CC1. The number of carbonyl (C=O) groups is 1. The van der Waals surface area contributed by atoms with Gasteiger partial charge in [0, 0.05) is 45.0 Å². The molecule has 5 heteroatoms. The molecule has 1 aliphatic heterocycles. The van der Waals surface area contributed by atoms with E-state index in [0.29, 0.717) is 0 Å². The van der Waals surface area contributed by atoms with Gasteiger partial charge in [0.1, 0.15) is 5.82 Å². The summed E-state index contributed by atoms with van der Waals surface area (Å²) in [6, 6.07) is 5.93. The van der Waals surface area contributed by atoms with Gasteiger partial charge in [-0.3, -0.25) is 4.90 Å². The van der Waals surface area contributed by atoms with E-state index in [1.165, 1.54) is 6.08 Å². The van der Waals surface area contributed by atoms with Gasteiger partial charge in [0.15, 0.2) is 0 Å². The Morgan fingerprint density at radius 2 is 2.11 bits per heavy atom. The molecule has 0 amide bonds. The van der Waals surface area contributed by atoms with Crippen LogP contribution < -0.4 is 4.90 Å². The number of rotatable bonds is 4. The van der Waals surface area contributed by atoms with Crippen molar-refractivity contribution in [3.8, 4) is 0 Å². The van der Waals surface area contributed by atoms with Crippen molar-refractivity contribution in [2.75, 3.05) is 37.6 Å². The minimum Gasteiger partial charge on any atom is -0.478 e. The molecular weight excluding hydrogens is 242 g/mol. The molecular formula is C14H19N3O2. The molecule has 5 nitrogen and oxygen atoms in total. The summed E-state index contributed by atoms with van der Waals surface area (Å²) in [6.45, 7) is 6.30. The molecule has 102 valence electrons. The third kappa shape index (κ3) is 4.06. The molecule has 1 aromatic heterocycles. The van der Waals surface area contributed by atoms with Crippen molar-refractivity contribution in [3.05, 3.63) is 36.0 Å². The molecule has 1 aromatic rings. The highest BCUT2D eigenvalue weighted by molar-refractivity contribution is 5.80. The smallest absolute Gasteiger partial charge is 0.328 e. The first kappa shape index (κ1) is 13.5. The normalized spacial score (nSPS) is 17.5. The molecule has 2 rings (SSSR count). The second-order valence-electron chi connectivity index (χ2n) is 4.78. The van der Waals surface area contributed by atoms with E-state index >= 15 is 0 Å². The third-order valence-corrected chi connectivity index (χ3v) is 3.19. The van der Waals surface area contributed by atoms with Crippen molar-refractivity contribution in [3.63, 3.8) is 0 Å². The number of aliphatic carboxylic acids is 1. The lowest BCUT2D eigenvalue weighted by Crippen LogP contribution is -2.47. The first-order valence-electron chi connectivity index (χ1n) is 6.43. The standard InChI is InChI=1S/C14H19N3O2/c1-12(10-14(18)19)11-16-6-8-17(9-7-16)13-4-2-3-5-15-13/h2-5,10H,6-9,11H2,1H3,(H,18,19). The van der Waals surface area contributed by atoms with Gasteiger partial charge in [-0.25, -0.2) is 9.78 Å². The number of pyridine rings is 1. The molecule has 0 bridgehead atoms. The highest BCUT2D eigenvalue weighted by Crippen LogP contribution is 2.13. The lowest BCUT2D eigenvalue weighted by atomic mass is 10.2. The summed E-state index contributed by atoms with van der Waals surface area (Å²) >= 11 is 0. The lowest BCUT2D eigenvalue weighted by Gasteiger charge is -2.35. The molecule has 0 radical (unpaired) electrons. The maximum absolute atomic E-state index is 10.6. The number of carboxylic acid groups (broad SMARTS) is 1. The first-order valence-corrected chi connectivity index (χ1v) is 6.43. The average molecular weight is 261 g/mol. The number of aromatic nitrogens is 1. The zero-order valence-electron chi connectivity index (χ0n) is 11.1. The minimum absolute atomic E-state index is 0.725. The van der Waals surface area contributed by atoms with Gasteiger partial charge in [-0.1, -0.05) is 11.6 Å². The molecule has 19 heavy (non-hydrogen) atoms. The van der Waals surface area contributed by atoms with Crippen LogP contribution in [0.25, 0.3) is 0 Å². The molecule has 0 spiro atoms. The summed E-state index contributed by atoms with van der Waals surface area (Å²) in [5.41, 5.74) is 0.888. The molecule has 0 saturated carbocycles. The van der Waals surface area contributed by atoms with Gasteiger partial charge >= 0.3 is 5.97 Å². The van der Waals surface area contributed by atoms with E-state index in [4.69, 9.17) is 5.11 Å². The Kier molecular flexibility index (Phi) is 4.52. The second-order valence-corrected chi connectivity index (χ2v) is 4.78. The van der Waals surface area contributed by atoms with Crippen LogP contribution in [0.2, 0.25) is 0 Å². The molecule has 1 aliphatic rings. The van der Waals surface area contributed by atoms with Crippen LogP contribution in [0, 0.1) is 0 Å². The Morgan fingerprint density at radius 3 is 2.68 bits per heavy atom. The van der Waals surface area contributed by atoms with E-state index in [-0.39, 0.29) is 0 Å². The number of nitrogens with zero attached hydrogens (tertiary/aromatic N) is 3. The van der Waals surface area contributed by atoms with E-state index in [0.717, 1.165) is 44.1 Å². The topological polar surface area (TPSA) is 56.7 Å². The van der Waals surface area contributed by atoms with Crippen molar-refractivity contribution < 1.29 is 9.90 Å². The van der Waals surface area contributed by atoms with Crippen LogP contribution in [0.1, 0.15) is 6.92 Å². The van der Waals surface area contributed by atoms with Crippen molar-refractivity contribution in [2.24, 2.45) is 0 Å². The first-order chi connectivity index (χ1) is 9.15. The van der Waals surface area contributed by atoms with Crippen molar-refractivity contribution in [2.45, 2.75) is 6.92 Å². The fourth-order valence-corrected chi connectivity index (χ4v) is 2.29. The van der Waals surface area contributed by atoms with Crippen molar-refractivity contribution in [1.29, 1.82) is 0 Å². The summed E-state index contributed by atoms with van der Waals surface area (Å²) < 4.78 is 0. The Balaban J connectivity index is 1.84. The molecule has 0 unspecified atom stereocenters. The van der Waals surface area contributed by atoms with Crippen LogP contribution in [-0.4, -0.2) is 53.7 Å². The molecule has 1 saturated heterocycles. The number of hydrogen-bond acceptors (Lipinski definition) is 4. The number of carboxylic acids is 1. The maximum Gasteiger partial charge on any atom is 0.328 e. The van der Waals surface area contributed by atoms with Gasteiger partial charge in [0.2, 0.25) is 0 Å². The largest absolute Gasteiger partial charge is 0.478 e. The van der Waals surface area contributed by atoms with Crippen LogP contribution in [0.15, 0.2) is 36.0 Å². The molecule has 1 N–H and O–H groups in total. The summed E-state index contributed by atoms with van der Waals surface area (Å²) in [6.07, 6.45) is 3.09. The zero-order chi connectivity index (χ0) is 13.7. The van der Waals surface area contributed by atoms with Gasteiger partial charge < -0.3 is 10.0 Å². The summed E-state index contributed by atoms with van der Waals surface area (Å²) in [7, 11) is 0. The summed E-state index contributed by atoms with van der Waals surface area (Å²) in [5, 5.41) is 8.69. The lowest BCUT2D eigenvalue weighted by molar-refractivity contribution is -0.131. The van der Waals surface area contributed by atoms with Crippen molar-refractivity contribution in [1.82, 2.24) is 9.88 Å². The van der Waals surface area contributed by atoms with Gasteiger partial charge in [-0.2, -0.15) is 0 Å². The van der Waals surface area contributed by atoms with Crippen LogP contribution in [-0.2, 0) is 4.79 Å². The van der Waals surface area contributed by atoms with Gasteiger partial charge in [-0.05, 0) is 19.1 Å². The van der Waals surface area contributed by atoms with Gasteiger partial charge in [-0.15, -0.1) is 0 Å². The molecule has 2 heterocycles. The third-order valence-electron chi connectivity index (χ3n) is 3.19. The van der Waals surface area contributed by atoms with E-state index < -0.39 is 5.97 Å². The Bertz CT molecular complexity index is 451. The predicted octanol–water partition coefficient (Wildman–Crippen LogP) is 1.23. The Morgan fingerprint density at radius 1 is 1.37 bits per heavy atom. The monoisotopic (exact) mass is 261 g/mol. The number of piperazine rings is 1. The number of hydrogen-bond donors (Lipinski definition) is 1. The minimum atomic E-state index is -0.871. The van der Waals surface area contributed by atoms with Crippen LogP contribution >= 0.6 is 0 Å². The van der Waals surface area contributed by atoms with E-state index in [1.54, 1.807) is 6.20 Å². The Hall–Kier alpha value is -1.88. The van der Waals surface area contributed by atoms with Crippen LogP contribution in [0.3, 0.4) is 0 Å². The van der Waals surface area contributed by atoms with Gasteiger partial charge in [0.05, 0.1) is 0 Å². The molecule has 0 aliphatic carbocycles. The van der Waals surface area contributed by atoms with Crippen LogP contribution in [0.5, 0.6) is 0 Å². The fourth-order valence-electron chi connectivity index (χ4n) is 2.29. The van der Waals surface area contributed by atoms with E-state index in [2.05, 4.69) is 14.8 Å². The average Bonchev–Trinajstić information content (AvgIpc) is 2.39. The van der Waals surface area contributed by atoms with E-state index in [9.17, 15) is 4.79 Å². The number of anilines is 1. The highest BCUT2D eigenvalue weighted by Gasteiger charge is 2.17. The fraction of sp³-hybridized carbons (Fsp3) is 0.429. The summed E-state index contributed by atoms with van der Waals surface area (Å²) in [5.74, 6) is 0.143. The zero-order valence-corrected chi connectivity index (χ0v) is 11.1. The molecule has 1 fully saturated rings. The second kappa shape index (κ2) is 6.33. The molecule has 0 aromatic carbocycles. The predicted molar refractivity (Wildman–Crippen MR) is 74.3 cm³/mol. The quantitative estimate of drug-likeness (QED) is 0.826. The van der Waals surface area contributed by atoms with Crippen molar-refractivity contribution >= 4 is 11.8 Å². The highest BCUT2D eigenvalue weighted by atomic mass is 16.4. The maximum atomic E-state index is 10.6.